The molecule has 2 heterocycles. The molecule has 0 bridgehead atoms. The lowest BCUT2D eigenvalue weighted by Crippen LogP contribution is -2.49. The molecule has 4 rings (SSSR count). The second-order valence-corrected chi connectivity index (χ2v) is 8.49. The van der Waals surface area contributed by atoms with Crippen LogP contribution in [0.1, 0.15) is 59.6 Å². The number of aromatic nitrogens is 1. The van der Waals surface area contributed by atoms with Gasteiger partial charge in [0.15, 0.2) is 0 Å². The largest absolute Gasteiger partial charge is 0.487 e. The Balaban J connectivity index is 1.45. The van der Waals surface area contributed by atoms with E-state index in [0.717, 1.165) is 41.4 Å². The molecule has 5 heteroatoms. The highest BCUT2D eigenvalue weighted by molar-refractivity contribution is 7.09. The zero-order chi connectivity index (χ0) is 17.9. The van der Waals surface area contributed by atoms with E-state index < -0.39 is 0 Å². The summed E-state index contributed by atoms with van der Waals surface area (Å²) in [6.07, 6.45) is 7.43. The molecular formula is C21H26N2O2S. The van der Waals surface area contributed by atoms with Gasteiger partial charge < -0.3 is 9.64 Å². The van der Waals surface area contributed by atoms with Crippen molar-refractivity contribution < 1.29 is 9.53 Å². The molecule has 0 N–H and O–H groups in total. The van der Waals surface area contributed by atoms with Crippen LogP contribution in [0.3, 0.4) is 0 Å². The van der Waals surface area contributed by atoms with E-state index in [2.05, 4.69) is 9.88 Å². The first-order valence-corrected chi connectivity index (χ1v) is 10.5. The molecule has 0 spiro atoms. The first-order chi connectivity index (χ1) is 12.7. The summed E-state index contributed by atoms with van der Waals surface area (Å²) in [5.74, 6) is 1.60. The first-order valence-electron chi connectivity index (χ1n) is 9.65. The molecule has 0 unspecified atom stereocenters. The van der Waals surface area contributed by atoms with Crippen molar-refractivity contribution in [3.8, 4) is 5.75 Å². The van der Waals surface area contributed by atoms with E-state index in [0.29, 0.717) is 18.6 Å². The molecule has 2 aliphatic rings. The van der Waals surface area contributed by atoms with E-state index in [1.165, 1.54) is 25.7 Å². The normalized spacial score (nSPS) is 22.7. The number of thiazole rings is 1. The fourth-order valence-electron chi connectivity index (χ4n) is 4.39. The van der Waals surface area contributed by atoms with Crippen molar-refractivity contribution in [2.75, 3.05) is 6.54 Å². The van der Waals surface area contributed by atoms with E-state index >= 15 is 0 Å². The SMILES string of the molecule is Cc1nc(COc2cccc(C(=O)N3CCC[C@@H]4CCCC[C@H]43)c2)cs1. The van der Waals surface area contributed by atoms with Crippen LogP contribution in [-0.4, -0.2) is 28.4 Å². The van der Waals surface area contributed by atoms with E-state index in [1.54, 1.807) is 11.3 Å². The predicted molar refractivity (Wildman–Crippen MR) is 104 cm³/mol. The third-order valence-corrected chi connectivity index (χ3v) is 6.46. The summed E-state index contributed by atoms with van der Waals surface area (Å²) in [6.45, 7) is 3.32. The van der Waals surface area contributed by atoms with Gasteiger partial charge in [-0.1, -0.05) is 18.9 Å². The zero-order valence-electron chi connectivity index (χ0n) is 15.3. The Morgan fingerprint density at radius 1 is 1.27 bits per heavy atom. The molecule has 1 saturated carbocycles. The number of amides is 1. The van der Waals surface area contributed by atoms with Crippen molar-refractivity contribution in [1.82, 2.24) is 9.88 Å². The monoisotopic (exact) mass is 370 g/mol. The minimum absolute atomic E-state index is 0.163. The van der Waals surface area contributed by atoms with Crippen LogP contribution < -0.4 is 4.74 Å². The van der Waals surface area contributed by atoms with E-state index in [9.17, 15) is 4.79 Å². The molecule has 0 radical (unpaired) electrons. The van der Waals surface area contributed by atoms with Crippen LogP contribution >= 0.6 is 11.3 Å². The average Bonchev–Trinajstić information content (AvgIpc) is 3.11. The molecule has 1 aromatic heterocycles. The number of ether oxygens (including phenoxy) is 1. The Kier molecular flexibility index (Phi) is 5.25. The number of likely N-dealkylation sites (tertiary alicyclic amines) is 1. The number of nitrogens with zero attached hydrogens (tertiary/aromatic N) is 2. The highest BCUT2D eigenvalue weighted by Gasteiger charge is 2.35. The molecule has 4 nitrogen and oxygen atoms in total. The fourth-order valence-corrected chi connectivity index (χ4v) is 4.99. The lowest BCUT2D eigenvalue weighted by atomic mass is 9.78. The average molecular weight is 371 g/mol. The van der Waals surface area contributed by atoms with E-state index in [4.69, 9.17) is 4.74 Å². The van der Waals surface area contributed by atoms with Gasteiger partial charge in [0, 0.05) is 23.5 Å². The Bertz CT molecular complexity index is 771. The maximum atomic E-state index is 13.1. The van der Waals surface area contributed by atoms with Gasteiger partial charge in [-0.3, -0.25) is 4.79 Å². The summed E-state index contributed by atoms with van der Waals surface area (Å²) >= 11 is 1.62. The quantitative estimate of drug-likeness (QED) is 0.774. The molecule has 138 valence electrons. The van der Waals surface area contributed by atoms with Crippen molar-refractivity contribution in [2.24, 2.45) is 5.92 Å². The molecular weight excluding hydrogens is 344 g/mol. The van der Waals surface area contributed by atoms with Crippen LogP contribution in [0.5, 0.6) is 5.75 Å². The van der Waals surface area contributed by atoms with Crippen molar-refractivity contribution in [3.05, 3.63) is 45.9 Å². The second kappa shape index (κ2) is 7.78. The molecule has 26 heavy (non-hydrogen) atoms. The van der Waals surface area contributed by atoms with Gasteiger partial charge in [-0.25, -0.2) is 4.98 Å². The summed E-state index contributed by atoms with van der Waals surface area (Å²) < 4.78 is 5.86. The van der Waals surface area contributed by atoms with Crippen LogP contribution in [0.15, 0.2) is 29.6 Å². The molecule has 1 saturated heterocycles. The van der Waals surface area contributed by atoms with Crippen LogP contribution in [0.25, 0.3) is 0 Å². The maximum Gasteiger partial charge on any atom is 0.254 e. The minimum atomic E-state index is 0.163. The molecule has 1 amide bonds. The standard InChI is InChI=1S/C21H26N2O2S/c1-15-22-18(14-26-15)13-25-19-9-4-7-17(12-19)21(24)23-11-5-8-16-6-2-3-10-20(16)23/h4,7,9,12,14,16,20H,2-3,5-6,8,10-11,13H2,1H3/t16-,20+/m0/s1. The highest BCUT2D eigenvalue weighted by Crippen LogP contribution is 2.36. The third-order valence-electron chi connectivity index (χ3n) is 5.64. The van der Waals surface area contributed by atoms with Crippen LogP contribution in [-0.2, 0) is 6.61 Å². The van der Waals surface area contributed by atoms with Gasteiger partial charge in [-0.05, 0) is 56.7 Å². The van der Waals surface area contributed by atoms with Crippen LogP contribution in [0.4, 0.5) is 0 Å². The predicted octanol–water partition coefficient (Wildman–Crippen LogP) is 4.83. The summed E-state index contributed by atoms with van der Waals surface area (Å²) in [4.78, 5) is 19.7. The lowest BCUT2D eigenvalue weighted by molar-refractivity contribution is 0.0390. The first kappa shape index (κ1) is 17.5. The Labute approximate surface area is 159 Å². The summed E-state index contributed by atoms with van der Waals surface area (Å²) in [7, 11) is 0. The number of hydrogen-bond donors (Lipinski definition) is 0. The van der Waals surface area contributed by atoms with E-state index in [1.807, 2.05) is 36.6 Å². The van der Waals surface area contributed by atoms with Gasteiger partial charge in [0.25, 0.3) is 5.91 Å². The lowest BCUT2D eigenvalue weighted by Gasteiger charge is -2.44. The number of benzene rings is 1. The zero-order valence-corrected chi connectivity index (χ0v) is 16.1. The van der Waals surface area contributed by atoms with Gasteiger partial charge >= 0.3 is 0 Å². The number of rotatable bonds is 4. The molecule has 2 fully saturated rings. The number of hydrogen-bond acceptors (Lipinski definition) is 4. The number of fused-ring (bicyclic) bond motifs is 1. The highest BCUT2D eigenvalue weighted by atomic mass is 32.1. The summed E-state index contributed by atoms with van der Waals surface area (Å²) in [5, 5.41) is 3.06. The Morgan fingerprint density at radius 3 is 2.96 bits per heavy atom. The number of carbonyl (C=O) groups excluding carboxylic acids is 1. The van der Waals surface area contributed by atoms with Crippen LogP contribution in [0, 0.1) is 12.8 Å². The summed E-state index contributed by atoms with van der Waals surface area (Å²) in [5.41, 5.74) is 1.67. The molecule has 1 aliphatic carbocycles. The van der Waals surface area contributed by atoms with Gasteiger partial charge in [-0.15, -0.1) is 11.3 Å². The maximum absolute atomic E-state index is 13.1. The number of aryl methyl sites for hydroxylation is 1. The minimum Gasteiger partial charge on any atom is -0.487 e. The van der Waals surface area contributed by atoms with Gasteiger partial charge in [-0.2, -0.15) is 0 Å². The number of piperidine rings is 1. The molecule has 2 atom stereocenters. The van der Waals surface area contributed by atoms with Gasteiger partial charge in [0.2, 0.25) is 0 Å². The van der Waals surface area contributed by atoms with Crippen molar-refractivity contribution in [2.45, 2.75) is 58.1 Å². The van der Waals surface area contributed by atoms with Crippen molar-refractivity contribution in [3.63, 3.8) is 0 Å². The summed E-state index contributed by atoms with van der Waals surface area (Å²) in [6, 6.07) is 8.06. The smallest absolute Gasteiger partial charge is 0.254 e. The Morgan fingerprint density at radius 2 is 2.12 bits per heavy atom. The van der Waals surface area contributed by atoms with Crippen LogP contribution in [0.2, 0.25) is 0 Å². The molecule has 1 aromatic carbocycles. The van der Waals surface area contributed by atoms with Crippen molar-refractivity contribution >= 4 is 17.2 Å². The second-order valence-electron chi connectivity index (χ2n) is 7.43. The topological polar surface area (TPSA) is 42.4 Å². The third kappa shape index (κ3) is 3.78. The van der Waals surface area contributed by atoms with Gasteiger partial charge in [0.05, 0.1) is 10.7 Å². The van der Waals surface area contributed by atoms with Crippen molar-refractivity contribution in [1.29, 1.82) is 0 Å². The molecule has 1 aliphatic heterocycles. The fraction of sp³-hybridized carbons (Fsp3) is 0.524. The number of carbonyl (C=O) groups is 1. The Hall–Kier alpha value is -1.88. The van der Waals surface area contributed by atoms with E-state index in [-0.39, 0.29) is 5.91 Å². The molecule has 2 aromatic rings. The van der Waals surface area contributed by atoms with Gasteiger partial charge in [0.1, 0.15) is 12.4 Å².